The molecule has 3 rings (SSSR count). The first-order chi connectivity index (χ1) is 9.79. The number of hydrogen-bond acceptors (Lipinski definition) is 3. The van der Waals surface area contributed by atoms with E-state index in [0.29, 0.717) is 10.6 Å². The smallest absolute Gasteiger partial charge is 0.150 e. The average molecular weight is 288 g/mol. The van der Waals surface area contributed by atoms with Gasteiger partial charge in [-0.25, -0.2) is 4.68 Å². The average Bonchev–Trinajstić information content (AvgIpc) is 2.97. The monoisotopic (exact) mass is 287 g/mol. The van der Waals surface area contributed by atoms with Crippen molar-refractivity contribution in [2.45, 2.75) is 25.5 Å². The summed E-state index contributed by atoms with van der Waals surface area (Å²) < 4.78 is 7.67. The van der Waals surface area contributed by atoms with Crippen LogP contribution < -0.4 is 0 Å². The quantitative estimate of drug-likeness (QED) is 0.845. The summed E-state index contributed by atoms with van der Waals surface area (Å²) in [7, 11) is 0. The SMILES string of the molecule is N#Cc1ccc(-c2ccnn2C2CCCCO2)cc1Cl. The first kappa shape index (κ1) is 13.2. The van der Waals surface area contributed by atoms with Gasteiger partial charge in [0.25, 0.3) is 0 Å². The Bertz CT molecular complexity index is 653. The third-order valence-electron chi connectivity index (χ3n) is 3.48. The van der Waals surface area contributed by atoms with Crippen LogP contribution >= 0.6 is 11.6 Å². The van der Waals surface area contributed by atoms with E-state index in [1.54, 1.807) is 18.3 Å². The van der Waals surface area contributed by atoms with Gasteiger partial charge in [-0.2, -0.15) is 10.4 Å². The molecule has 1 aromatic carbocycles. The lowest BCUT2D eigenvalue weighted by Gasteiger charge is -2.24. The Kier molecular flexibility index (Phi) is 3.72. The second kappa shape index (κ2) is 5.66. The third kappa shape index (κ3) is 2.43. The Morgan fingerprint density at radius 1 is 1.35 bits per heavy atom. The highest BCUT2D eigenvalue weighted by Crippen LogP contribution is 2.30. The van der Waals surface area contributed by atoms with Gasteiger partial charge < -0.3 is 4.74 Å². The zero-order chi connectivity index (χ0) is 13.9. The van der Waals surface area contributed by atoms with Gasteiger partial charge >= 0.3 is 0 Å². The predicted molar refractivity (Wildman–Crippen MR) is 76.2 cm³/mol. The summed E-state index contributed by atoms with van der Waals surface area (Å²) in [5, 5.41) is 13.8. The molecule has 2 heterocycles. The number of nitriles is 1. The highest BCUT2D eigenvalue weighted by molar-refractivity contribution is 6.32. The Labute approximate surface area is 122 Å². The van der Waals surface area contributed by atoms with E-state index < -0.39 is 0 Å². The second-order valence-corrected chi connectivity index (χ2v) is 5.20. The first-order valence-electron chi connectivity index (χ1n) is 6.65. The van der Waals surface area contributed by atoms with Crippen LogP contribution in [-0.4, -0.2) is 16.4 Å². The fraction of sp³-hybridized carbons (Fsp3) is 0.333. The van der Waals surface area contributed by atoms with Crippen LogP contribution in [0, 0.1) is 11.3 Å². The highest BCUT2D eigenvalue weighted by atomic mass is 35.5. The van der Waals surface area contributed by atoms with Gasteiger partial charge in [-0.15, -0.1) is 0 Å². The number of halogens is 1. The summed E-state index contributed by atoms with van der Waals surface area (Å²) in [5.41, 5.74) is 2.39. The largest absolute Gasteiger partial charge is 0.356 e. The van der Waals surface area contributed by atoms with Crippen molar-refractivity contribution >= 4 is 11.6 Å². The van der Waals surface area contributed by atoms with E-state index in [9.17, 15) is 0 Å². The lowest BCUT2D eigenvalue weighted by Crippen LogP contribution is -2.19. The van der Waals surface area contributed by atoms with Crippen molar-refractivity contribution in [1.29, 1.82) is 5.26 Å². The summed E-state index contributed by atoms with van der Waals surface area (Å²) in [6.07, 6.45) is 4.98. The van der Waals surface area contributed by atoms with Crippen LogP contribution in [0.3, 0.4) is 0 Å². The van der Waals surface area contributed by atoms with Crippen molar-refractivity contribution in [2.24, 2.45) is 0 Å². The number of nitrogens with zero attached hydrogens (tertiary/aromatic N) is 3. The van der Waals surface area contributed by atoms with Crippen LogP contribution in [0.2, 0.25) is 5.02 Å². The molecule has 0 aliphatic carbocycles. The number of hydrogen-bond donors (Lipinski definition) is 0. The van der Waals surface area contributed by atoms with Crippen LogP contribution in [0.25, 0.3) is 11.3 Å². The van der Waals surface area contributed by atoms with Crippen molar-refractivity contribution < 1.29 is 4.74 Å². The van der Waals surface area contributed by atoms with E-state index in [-0.39, 0.29) is 6.23 Å². The van der Waals surface area contributed by atoms with Crippen molar-refractivity contribution in [1.82, 2.24) is 9.78 Å². The summed E-state index contributed by atoms with van der Waals surface area (Å²) in [4.78, 5) is 0. The van der Waals surface area contributed by atoms with Crippen molar-refractivity contribution in [3.63, 3.8) is 0 Å². The molecular formula is C15H14ClN3O. The molecule has 1 fully saturated rings. The summed E-state index contributed by atoms with van der Waals surface area (Å²) in [6.45, 7) is 0.776. The predicted octanol–water partition coefficient (Wildman–Crippen LogP) is 3.77. The fourth-order valence-corrected chi connectivity index (χ4v) is 2.68. The molecule has 1 saturated heterocycles. The minimum atomic E-state index is -0.0110. The zero-order valence-corrected chi connectivity index (χ0v) is 11.7. The van der Waals surface area contributed by atoms with E-state index >= 15 is 0 Å². The topological polar surface area (TPSA) is 50.8 Å². The Morgan fingerprint density at radius 2 is 2.25 bits per heavy atom. The molecule has 0 amide bonds. The van der Waals surface area contributed by atoms with Crippen LogP contribution in [-0.2, 0) is 4.74 Å². The minimum Gasteiger partial charge on any atom is -0.356 e. The molecule has 1 aliphatic rings. The Balaban J connectivity index is 1.97. The number of ether oxygens (including phenoxy) is 1. The van der Waals surface area contributed by atoms with Crippen LogP contribution in [0.15, 0.2) is 30.5 Å². The van der Waals surface area contributed by atoms with Gasteiger partial charge in [0.1, 0.15) is 6.07 Å². The summed E-state index contributed by atoms with van der Waals surface area (Å²) in [5.74, 6) is 0. The van der Waals surface area contributed by atoms with E-state index in [1.165, 1.54) is 0 Å². The van der Waals surface area contributed by atoms with E-state index in [0.717, 1.165) is 37.1 Å². The molecule has 5 heteroatoms. The van der Waals surface area contributed by atoms with Crippen molar-refractivity contribution in [2.75, 3.05) is 6.61 Å². The number of aromatic nitrogens is 2. The molecule has 0 saturated carbocycles. The summed E-state index contributed by atoms with van der Waals surface area (Å²) >= 11 is 6.10. The standard InChI is InChI=1S/C15H14ClN3O/c16-13-9-11(4-5-12(13)10-17)14-6-7-18-19(14)15-3-1-2-8-20-15/h4-7,9,15H,1-3,8H2. The van der Waals surface area contributed by atoms with Gasteiger partial charge in [-0.1, -0.05) is 17.7 Å². The van der Waals surface area contributed by atoms with Gasteiger partial charge in [0.15, 0.2) is 6.23 Å². The molecule has 0 radical (unpaired) electrons. The van der Waals surface area contributed by atoms with Crippen LogP contribution in [0.5, 0.6) is 0 Å². The summed E-state index contributed by atoms with van der Waals surface area (Å²) in [6, 6.07) is 9.43. The van der Waals surface area contributed by atoms with Gasteiger partial charge in [0, 0.05) is 18.4 Å². The Morgan fingerprint density at radius 3 is 2.95 bits per heavy atom. The van der Waals surface area contributed by atoms with Gasteiger partial charge in [-0.3, -0.25) is 0 Å². The molecule has 1 aromatic heterocycles. The molecule has 1 aliphatic heterocycles. The minimum absolute atomic E-state index is 0.0110. The second-order valence-electron chi connectivity index (χ2n) is 4.79. The number of benzene rings is 1. The lowest BCUT2D eigenvalue weighted by atomic mass is 10.1. The maximum atomic E-state index is 8.93. The molecule has 0 bridgehead atoms. The molecule has 1 unspecified atom stereocenters. The van der Waals surface area contributed by atoms with Gasteiger partial charge in [0.2, 0.25) is 0 Å². The van der Waals surface area contributed by atoms with Crippen molar-refractivity contribution in [3.05, 3.63) is 41.0 Å². The number of rotatable bonds is 2. The molecule has 0 N–H and O–H groups in total. The molecular weight excluding hydrogens is 274 g/mol. The lowest BCUT2D eigenvalue weighted by molar-refractivity contribution is -0.0383. The van der Waals surface area contributed by atoms with Gasteiger partial charge in [-0.05, 0) is 37.5 Å². The van der Waals surface area contributed by atoms with E-state index in [4.69, 9.17) is 21.6 Å². The normalized spacial score (nSPS) is 18.7. The Hall–Kier alpha value is -1.83. The maximum Gasteiger partial charge on any atom is 0.150 e. The molecule has 1 atom stereocenters. The molecule has 4 nitrogen and oxygen atoms in total. The van der Waals surface area contributed by atoms with E-state index in [2.05, 4.69) is 11.2 Å². The van der Waals surface area contributed by atoms with E-state index in [1.807, 2.05) is 16.8 Å². The fourth-order valence-electron chi connectivity index (χ4n) is 2.45. The first-order valence-corrected chi connectivity index (χ1v) is 7.02. The zero-order valence-electron chi connectivity index (χ0n) is 10.9. The third-order valence-corrected chi connectivity index (χ3v) is 3.80. The van der Waals surface area contributed by atoms with Gasteiger partial charge in [0.05, 0.1) is 16.3 Å². The molecule has 20 heavy (non-hydrogen) atoms. The highest BCUT2D eigenvalue weighted by Gasteiger charge is 2.19. The van der Waals surface area contributed by atoms with Crippen LogP contribution in [0.1, 0.15) is 31.1 Å². The van der Waals surface area contributed by atoms with Crippen LogP contribution in [0.4, 0.5) is 0 Å². The molecule has 0 spiro atoms. The van der Waals surface area contributed by atoms with Crippen molar-refractivity contribution in [3.8, 4) is 17.3 Å². The maximum absolute atomic E-state index is 8.93. The molecule has 102 valence electrons. The molecule has 2 aromatic rings.